The highest BCUT2D eigenvalue weighted by atomic mass is 15.1. The highest BCUT2D eigenvalue weighted by molar-refractivity contribution is 5.90. The van der Waals surface area contributed by atoms with E-state index in [1.54, 1.807) is 0 Å². The quantitative estimate of drug-likeness (QED) is 0.487. The Morgan fingerprint density at radius 1 is 1.07 bits per heavy atom. The van der Waals surface area contributed by atoms with Crippen LogP contribution in [0.5, 0.6) is 0 Å². The van der Waals surface area contributed by atoms with Gasteiger partial charge in [-0.25, -0.2) is 0 Å². The van der Waals surface area contributed by atoms with Crippen molar-refractivity contribution in [2.75, 3.05) is 0 Å². The number of benzene rings is 2. The van der Waals surface area contributed by atoms with Crippen LogP contribution in [0.4, 0.5) is 0 Å². The van der Waals surface area contributed by atoms with Crippen LogP contribution in [-0.2, 0) is 0 Å². The lowest BCUT2D eigenvalue weighted by Crippen LogP contribution is -2.00. The molecular weight excluding hydrogens is 352 g/mol. The molecule has 0 spiro atoms. The third kappa shape index (κ3) is 3.85. The largest absolute Gasteiger partial charge is 0.278 e. The Balaban J connectivity index is 1.96. The first-order valence-corrected chi connectivity index (χ1v) is 10.7. The molecule has 0 saturated heterocycles. The van der Waals surface area contributed by atoms with E-state index in [0.29, 0.717) is 5.92 Å². The molecule has 0 aliphatic heterocycles. The third-order valence-corrected chi connectivity index (χ3v) is 5.91. The van der Waals surface area contributed by atoms with Crippen LogP contribution in [-0.4, -0.2) is 10.2 Å². The van der Waals surface area contributed by atoms with Crippen molar-refractivity contribution in [3.8, 4) is 0 Å². The van der Waals surface area contributed by atoms with Crippen molar-refractivity contribution in [1.82, 2.24) is 10.2 Å². The average molecular weight is 383 g/mol. The molecule has 1 aliphatic rings. The second kappa shape index (κ2) is 8.24. The zero-order valence-corrected chi connectivity index (χ0v) is 17.9. The lowest BCUT2D eigenvalue weighted by molar-refractivity contribution is 0.856. The lowest BCUT2D eigenvalue weighted by Gasteiger charge is -2.20. The summed E-state index contributed by atoms with van der Waals surface area (Å²) in [5.74, 6) is 0.536. The number of aromatic amines is 1. The fourth-order valence-electron chi connectivity index (χ4n) is 4.45. The van der Waals surface area contributed by atoms with Crippen molar-refractivity contribution in [3.05, 3.63) is 94.2 Å². The Kier molecular flexibility index (Phi) is 5.53. The molecule has 148 valence electrons. The maximum absolute atomic E-state index is 4.21. The summed E-state index contributed by atoms with van der Waals surface area (Å²) < 4.78 is 0. The predicted octanol–water partition coefficient (Wildman–Crippen LogP) is 7.48. The van der Waals surface area contributed by atoms with E-state index in [-0.39, 0.29) is 0 Å². The van der Waals surface area contributed by atoms with Gasteiger partial charge in [0.2, 0.25) is 0 Å². The molecule has 3 aromatic rings. The number of fused-ring (bicyclic) bond motifs is 1. The number of hydrogen-bond acceptors (Lipinski definition) is 1. The van der Waals surface area contributed by atoms with E-state index in [0.717, 1.165) is 30.2 Å². The van der Waals surface area contributed by atoms with Crippen LogP contribution in [0.25, 0.3) is 16.5 Å². The minimum absolute atomic E-state index is 0.536. The highest BCUT2D eigenvalue weighted by Crippen LogP contribution is 2.36. The topological polar surface area (TPSA) is 28.7 Å². The normalized spacial score (nSPS) is 15.0. The van der Waals surface area contributed by atoms with Gasteiger partial charge in [0.25, 0.3) is 0 Å². The zero-order chi connectivity index (χ0) is 20.4. The molecule has 29 heavy (non-hydrogen) atoms. The zero-order valence-electron chi connectivity index (χ0n) is 17.9. The molecule has 0 atom stereocenters. The minimum Gasteiger partial charge on any atom is -0.278 e. The van der Waals surface area contributed by atoms with Crippen LogP contribution in [0, 0.1) is 6.92 Å². The van der Waals surface area contributed by atoms with Gasteiger partial charge >= 0.3 is 0 Å². The second-order valence-corrected chi connectivity index (χ2v) is 8.24. The third-order valence-electron chi connectivity index (χ3n) is 5.91. The number of hydrogen-bond donors (Lipinski definition) is 1. The van der Waals surface area contributed by atoms with Crippen LogP contribution in [0.2, 0.25) is 0 Å². The summed E-state index contributed by atoms with van der Waals surface area (Å²) in [6, 6.07) is 13.6. The van der Waals surface area contributed by atoms with Crippen LogP contribution in [0.15, 0.2) is 72.0 Å². The number of nitrogens with one attached hydrogen (secondary N) is 1. The summed E-state index contributed by atoms with van der Waals surface area (Å²) in [6.07, 6.45) is 12.2. The summed E-state index contributed by atoms with van der Waals surface area (Å²) in [6.45, 7) is 9.03. The van der Waals surface area contributed by atoms with Gasteiger partial charge in [-0.3, -0.25) is 5.10 Å². The number of H-pyrrole nitrogens is 1. The standard InChI is InChI=1S/C27H30N2/c1-5-24(20-9-7-6-8-10-20)27(21-11-13-25(18(2)3)19(4)15-21)22-12-14-26-23(16-22)17-28-29-26/h7,9-18H,5-6,8H2,1-4H3,(H,28,29)/b27-24+. The van der Waals surface area contributed by atoms with Gasteiger partial charge in [0.05, 0.1) is 11.7 Å². The van der Waals surface area contributed by atoms with Gasteiger partial charge in [0.15, 0.2) is 0 Å². The maximum Gasteiger partial charge on any atom is 0.0650 e. The molecule has 1 heterocycles. The first-order valence-electron chi connectivity index (χ1n) is 10.7. The Morgan fingerprint density at radius 3 is 2.55 bits per heavy atom. The highest BCUT2D eigenvalue weighted by Gasteiger charge is 2.16. The number of nitrogens with zero attached hydrogens (tertiary/aromatic N) is 1. The van der Waals surface area contributed by atoms with E-state index in [1.165, 1.54) is 39.0 Å². The molecule has 0 bridgehead atoms. The smallest absolute Gasteiger partial charge is 0.0650 e. The molecule has 1 aliphatic carbocycles. The molecule has 1 aromatic heterocycles. The Bertz CT molecular complexity index is 1120. The van der Waals surface area contributed by atoms with Crippen molar-refractivity contribution >= 4 is 16.5 Å². The summed E-state index contributed by atoms with van der Waals surface area (Å²) in [7, 11) is 0. The van der Waals surface area contributed by atoms with E-state index in [4.69, 9.17) is 0 Å². The van der Waals surface area contributed by atoms with Gasteiger partial charge in [-0.2, -0.15) is 5.10 Å². The minimum atomic E-state index is 0.536. The SMILES string of the molecule is CC/C(C1=CCCC=C1)=C(/c1ccc(C(C)C)c(C)c1)c1ccc2[nH]ncc2c1. The van der Waals surface area contributed by atoms with Gasteiger partial charge < -0.3 is 0 Å². The van der Waals surface area contributed by atoms with E-state index in [2.05, 4.69) is 92.5 Å². The Morgan fingerprint density at radius 2 is 1.86 bits per heavy atom. The predicted molar refractivity (Wildman–Crippen MR) is 124 cm³/mol. The van der Waals surface area contributed by atoms with Crippen molar-refractivity contribution in [3.63, 3.8) is 0 Å². The number of aromatic nitrogens is 2. The molecule has 2 aromatic carbocycles. The number of aryl methyl sites for hydroxylation is 1. The molecule has 1 N–H and O–H groups in total. The molecule has 2 nitrogen and oxygen atoms in total. The van der Waals surface area contributed by atoms with Gasteiger partial charge in [-0.15, -0.1) is 0 Å². The van der Waals surface area contributed by atoms with E-state index < -0.39 is 0 Å². The number of allylic oxidation sites excluding steroid dienone is 5. The lowest BCUT2D eigenvalue weighted by atomic mass is 9.84. The molecule has 2 heteroatoms. The van der Waals surface area contributed by atoms with Crippen LogP contribution in [0.1, 0.15) is 68.2 Å². The fourth-order valence-corrected chi connectivity index (χ4v) is 4.45. The van der Waals surface area contributed by atoms with E-state index in [9.17, 15) is 0 Å². The van der Waals surface area contributed by atoms with E-state index in [1.807, 2.05) is 6.20 Å². The van der Waals surface area contributed by atoms with Crippen LogP contribution in [0.3, 0.4) is 0 Å². The molecule has 0 radical (unpaired) electrons. The van der Waals surface area contributed by atoms with Gasteiger partial charge in [-0.1, -0.05) is 63.3 Å². The van der Waals surface area contributed by atoms with Crippen LogP contribution < -0.4 is 0 Å². The van der Waals surface area contributed by atoms with Gasteiger partial charge in [0, 0.05) is 5.39 Å². The van der Waals surface area contributed by atoms with Crippen molar-refractivity contribution in [1.29, 1.82) is 0 Å². The molecule has 0 fully saturated rings. The first kappa shape index (κ1) is 19.4. The second-order valence-electron chi connectivity index (χ2n) is 8.24. The number of rotatable bonds is 5. The Labute approximate surface area is 174 Å². The van der Waals surface area contributed by atoms with Crippen molar-refractivity contribution in [2.24, 2.45) is 0 Å². The van der Waals surface area contributed by atoms with Gasteiger partial charge in [0.1, 0.15) is 0 Å². The molecular formula is C27H30N2. The molecule has 0 unspecified atom stereocenters. The Hall–Kier alpha value is -2.87. The molecule has 0 amide bonds. The monoisotopic (exact) mass is 382 g/mol. The van der Waals surface area contributed by atoms with Crippen LogP contribution >= 0.6 is 0 Å². The average Bonchev–Trinajstić information content (AvgIpc) is 3.20. The van der Waals surface area contributed by atoms with Crippen molar-refractivity contribution < 1.29 is 0 Å². The summed E-state index contributed by atoms with van der Waals surface area (Å²) >= 11 is 0. The fraction of sp³-hybridized carbons (Fsp3) is 0.296. The van der Waals surface area contributed by atoms with Gasteiger partial charge in [-0.05, 0) is 83.2 Å². The molecule has 4 rings (SSSR count). The summed E-state index contributed by atoms with van der Waals surface area (Å²) in [4.78, 5) is 0. The first-order chi connectivity index (χ1) is 14.1. The maximum atomic E-state index is 4.21. The summed E-state index contributed by atoms with van der Waals surface area (Å²) in [5, 5.41) is 8.44. The van der Waals surface area contributed by atoms with Crippen molar-refractivity contribution in [2.45, 2.75) is 52.9 Å². The van der Waals surface area contributed by atoms with E-state index >= 15 is 0 Å². The molecule has 0 saturated carbocycles. The summed E-state index contributed by atoms with van der Waals surface area (Å²) in [5.41, 5.74) is 10.5.